The zero-order chi connectivity index (χ0) is 16.4. The van der Waals surface area contributed by atoms with Gasteiger partial charge in [0.1, 0.15) is 5.75 Å². The first-order chi connectivity index (χ1) is 11.0. The Labute approximate surface area is 136 Å². The molecule has 0 saturated carbocycles. The number of ether oxygens (including phenoxy) is 1. The van der Waals surface area contributed by atoms with E-state index in [-0.39, 0.29) is 18.6 Å². The molecular weight excluding hydrogens is 290 g/mol. The van der Waals surface area contributed by atoms with Crippen LogP contribution in [0.1, 0.15) is 28.3 Å². The van der Waals surface area contributed by atoms with Crippen molar-refractivity contribution >= 4 is 5.91 Å². The highest BCUT2D eigenvalue weighted by atomic mass is 16.5. The van der Waals surface area contributed by atoms with Crippen molar-refractivity contribution < 1.29 is 14.6 Å². The van der Waals surface area contributed by atoms with Crippen LogP contribution in [0.4, 0.5) is 0 Å². The van der Waals surface area contributed by atoms with Crippen molar-refractivity contribution in [2.45, 2.75) is 32.4 Å². The van der Waals surface area contributed by atoms with E-state index < -0.39 is 6.10 Å². The van der Waals surface area contributed by atoms with Crippen molar-refractivity contribution in [3.05, 3.63) is 64.7 Å². The van der Waals surface area contributed by atoms with Crippen molar-refractivity contribution in [2.24, 2.45) is 0 Å². The summed E-state index contributed by atoms with van der Waals surface area (Å²) in [6, 6.07) is 13.3. The molecule has 120 valence electrons. The first-order valence-corrected chi connectivity index (χ1v) is 7.80. The van der Waals surface area contributed by atoms with E-state index in [4.69, 9.17) is 4.74 Å². The van der Waals surface area contributed by atoms with E-state index in [0.717, 1.165) is 22.3 Å². The van der Waals surface area contributed by atoms with E-state index in [0.29, 0.717) is 12.2 Å². The molecule has 23 heavy (non-hydrogen) atoms. The fourth-order valence-electron chi connectivity index (χ4n) is 2.97. The van der Waals surface area contributed by atoms with Crippen LogP contribution in [0, 0.1) is 13.8 Å². The number of hydrogen-bond donors (Lipinski definition) is 2. The third kappa shape index (κ3) is 3.37. The number of carbonyl (C=O) groups excluding carboxylic acids is 1. The summed E-state index contributed by atoms with van der Waals surface area (Å²) in [6.45, 7) is 3.87. The molecule has 2 aromatic rings. The second-order valence-corrected chi connectivity index (χ2v) is 6.07. The van der Waals surface area contributed by atoms with Crippen molar-refractivity contribution in [1.29, 1.82) is 0 Å². The minimum absolute atomic E-state index is 0.0598. The van der Waals surface area contributed by atoms with E-state index >= 15 is 0 Å². The number of benzene rings is 2. The summed E-state index contributed by atoms with van der Waals surface area (Å²) in [4.78, 5) is 12.2. The number of carbonyl (C=O) groups is 1. The zero-order valence-electron chi connectivity index (χ0n) is 13.4. The Morgan fingerprint density at radius 3 is 2.87 bits per heavy atom. The summed E-state index contributed by atoms with van der Waals surface area (Å²) in [7, 11) is 0. The average molecular weight is 311 g/mol. The molecule has 0 saturated heterocycles. The number of hydrogen-bond acceptors (Lipinski definition) is 3. The van der Waals surface area contributed by atoms with Gasteiger partial charge < -0.3 is 15.2 Å². The Kier molecular flexibility index (Phi) is 4.35. The van der Waals surface area contributed by atoms with Gasteiger partial charge in [0.15, 0.2) is 6.61 Å². The van der Waals surface area contributed by atoms with Crippen LogP contribution in [0.5, 0.6) is 5.75 Å². The van der Waals surface area contributed by atoms with E-state index in [1.165, 1.54) is 0 Å². The van der Waals surface area contributed by atoms with Gasteiger partial charge in [0.05, 0.1) is 12.1 Å². The SMILES string of the molecule is Cc1ccc(C)c(OCC(=O)NC2c3ccccc3CC2O)c1. The zero-order valence-corrected chi connectivity index (χ0v) is 13.4. The van der Waals surface area contributed by atoms with E-state index in [1.807, 2.05) is 56.3 Å². The Morgan fingerprint density at radius 1 is 1.26 bits per heavy atom. The van der Waals surface area contributed by atoms with E-state index in [1.54, 1.807) is 0 Å². The summed E-state index contributed by atoms with van der Waals surface area (Å²) in [5.41, 5.74) is 4.15. The predicted octanol–water partition coefficient (Wildman–Crippen LogP) is 2.46. The van der Waals surface area contributed by atoms with Gasteiger partial charge in [-0.05, 0) is 42.2 Å². The van der Waals surface area contributed by atoms with Crippen molar-refractivity contribution in [3.63, 3.8) is 0 Å². The normalized spacial score (nSPS) is 19.3. The van der Waals surface area contributed by atoms with Crippen LogP contribution in [-0.2, 0) is 11.2 Å². The molecule has 2 atom stereocenters. The molecule has 0 spiro atoms. The van der Waals surface area contributed by atoms with Gasteiger partial charge in [0.25, 0.3) is 5.91 Å². The van der Waals surface area contributed by atoms with E-state index in [2.05, 4.69) is 5.32 Å². The van der Waals surface area contributed by atoms with Crippen molar-refractivity contribution in [3.8, 4) is 5.75 Å². The molecule has 2 N–H and O–H groups in total. The maximum absolute atomic E-state index is 12.2. The third-order valence-electron chi connectivity index (χ3n) is 4.22. The number of fused-ring (bicyclic) bond motifs is 1. The van der Waals surface area contributed by atoms with Gasteiger partial charge in [0.2, 0.25) is 0 Å². The fraction of sp³-hybridized carbons (Fsp3) is 0.316. The summed E-state index contributed by atoms with van der Waals surface area (Å²) in [5.74, 6) is 0.485. The lowest BCUT2D eigenvalue weighted by Crippen LogP contribution is -2.36. The monoisotopic (exact) mass is 311 g/mol. The van der Waals surface area contributed by atoms with E-state index in [9.17, 15) is 9.90 Å². The molecule has 0 radical (unpaired) electrons. The predicted molar refractivity (Wildman–Crippen MR) is 88.4 cm³/mol. The molecule has 2 aromatic carbocycles. The maximum atomic E-state index is 12.2. The minimum atomic E-state index is -0.586. The van der Waals surface area contributed by atoms with Crippen molar-refractivity contribution in [2.75, 3.05) is 6.61 Å². The van der Waals surface area contributed by atoms with Crippen LogP contribution in [0.25, 0.3) is 0 Å². The third-order valence-corrected chi connectivity index (χ3v) is 4.22. The number of rotatable bonds is 4. The Bertz CT molecular complexity index is 726. The largest absolute Gasteiger partial charge is 0.483 e. The lowest BCUT2D eigenvalue weighted by Gasteiger charge is -2.18. The van der Waals surface area contributed by atoms with Crippen LogP contribution in [0.15, 0.2) is 42.5 Å². The minimum Gasteiger partial charge on any atom is -0.483 e. The lowest BCUT2D eigenvalue weighted by molar-refractivity contribution is -0.124. The average Bonchev–Trinajstić information content (AvgIpc) is 2.84. The summed E-state index contributed by atoms with van der Waals surface area (Å²) < 4.78 is 5.62. The van der Waals surface area contributed by atoms with Crippen LogP contribution in [0.3, 0.4) is 0 Å². The highest BCUT2D eigenvalue weighted by Crippen LogP contribution is 2.31. The summed E-state index contributed by atoms with van der Waals surface area (Å²) >= 11 is 0. The maximum Gasteiger partial charge on any atom is 0.258 e. The number of nitrogens with one attached hydrogen (secondary N) is 1. The second-order valence-electron chi connectivity index (χ2n) is 6.07. The molecule has 1 amide bonds. The Hall–Kier alpha value is -2.33. The molecule has 1 aliphatic carbocycles. The van der Waals surface area contributed by atoms with Crippen molar-refractivity contribution in [1.82, 2.24) is 5.32 Å². The van der Waals surface area contributed by atoms with Crippen LogP contribution in [0.2, 0.25) is 0 Å². The number of amides is 1. The molecular formula is C19H21NO3. The highest BCUT2D eigenvalue weighted by molar-refractivity contribution is 5.78. The first kappa shape index (κ1) is 15.6. The topological polar surface area (TPSA) is 58.6 Å². The molecule has 4 heteroatoms. The first-order valence-electron chi connectivity index (χ1n) is 7.80. The molecule has 0 aliphatic heterocycles. The quantitative estimate of drug-likeness (QED) is 0.912. The highest BCUT2D eigenvalue weighted by Gasteiger charge is 2.31. The van der Waals surface area contributed by atoms with Gasteiger partial charge in [-0.15, -0.1) is 0 Å². The van der Waals surface area contributed by atoms with Crippen LogP contribution in [-0.4, -0.2) is 23.7 Å². The van der Waals surface area contributed by atoms with Gasteiger partial charge in [0, 0.05) is 6.42 Å². The van der Waals surface area contributed by atoms with Gasteiger partial charge in [-0.25, -0.2) is 0 Å². The molecule has 0 bridgehead atoms. The number of aliphatic hydroxyl groups is 1. The Morgan fingerprint density at radius 2 is 2.04 bits per heavy atom. The smallest absolute Gasteiger partial charge is 0.258 e. The van der Waals surface area contributed by atoms with Gasteiger partial charge in [-0.3, -0.25) is 4.79 Å². The standard InChI is InChI=1S/C19H21NO3/c1-12-7-8-13(2)17(9-12)23-11-18(22)20-19-15-6-4-3-5-14(15)10-16(19)21/h3-9,16,19,21H,10-11H2,1-2H3,(H,20,22). The number of aliphatic hydroxyl groups excluding tert-OH is 1. The summed E-state index contributed by atoms with van der Waals surface area (Å²) in [5, 5.41) is 13.0. The van der Waals surface area contributed by atoms with Crippen LogP contribution < -0.4 is 10.1 Å². The second kappa shape index (κ2) is 6.42. The van der Waals surface area contributed by atoms with Crippen LogP contribution >= 0.6 is 0 Å². The lowest BCUT2D eigenvalue weighted by atomic mass is 10.1. The molecule has 3 rings (SSSR count). The number of aryl methyl sites for hydroxylation is 2. The molecule has 1 aliphatic rings. The molecule has 0 fully saturated rings. The molecule has 0 aromatic heterocycles. The summed E-state index contributed by atoms with van der Waals surface area (Å²) in [6.07, 6.45) is -0.0176. The molecule has 4 nitrogen and oxygen atoms in total. The Balaban J connectivity index is 1.63. The molecule has 2 unspecified atom stereocenters. The van der Waals surface area contributed by atoms with Gasteiger partial charge in [-0.2, -0.15) is 0 Å². The van der Waals surface area contributed by atoms with Gasteiger partial charge >= 0.3 is 0 Å². The van der Waals surface area contributed by atoms with Gasteiger partial charge in [-0.1, -0.05) is 36.4 Å². The fourth-order valence-corrected chi connectivity index (χ4v) is 2.97. The molecule has 0 heterocycles.